The van der Waals surface area contributed by atoms with Gasteiger partial charge in [-0.05, 0) is 75.3 Å². The van der Waals surface area contributed by atoms with Gasteiger partial charge in [0.05, 0.1) is 15.2 Å². The summed E-state index contributed by atoms with van der Waals surface area (Å²) in [7, 11) is 2.00. The molecule has 0 atom stereocenters. The number of thiazole rings is 1. The molecule has 1 N–H and O–H groups in total. The van der Waals surface area contributed by atoms with Crippen LogP contribution in [0, 0.1) is 5.41 Å². The van der Waals surface area contributed by atoms with Crippen molar-refractivity contribution in [2.24, 2.45) is 5.41 Å². The Balaban J connectivity index is 1.16. The number of fused-ring (bicyclic) bond motifs is 1. The van der Waals surface area contributed by atoms with Crippen LogP contribution in [-0.4, -0.2) is 35.0 Å². The summed E-state index contributed by atoms with van der Waals surface area (Å²) in [4.78, 5) is 24.0. The van der Waals surface area contributed by atoms with Crippen molar-refractivity contribution in [3.8, 4) is 0 Å². The Bertz CT molecular complexity index is 1130. The van der Waals surface area contributed by atoms with Crippen molar-refractivity contribution in [2.45, 2.75) is 57.5 Å². The van der Waals surface area contributed by atoms with Crippen LogP contribution >= 0.6 is 22.9 Å². The SMILES string of the molecule is CC(C)N(C)c1cc(C(=O)NC2CC3(C2)CC(c2nc4cc(Cl)ccc4s2)C3)ccn1. The van der Waals surface area contributed by atoms with E-state index in [4.69, 9.17) is 16.6 Å². The Labute approximate surface area is 191 Å². The molecule has 2 heterocycles. The van der Waals surface area contributed by atoms with Gasteiger partial charge >= 0.3 is 0 Å². The van der Waals surface area contributed by atoms with E-state index in [-0.39, 0.29) is 11.9 Å². The number of aromatic nitrogens is 2. The zero-order valence-corrected chi connectivity index (χ0v) is 19.6. The molecule has 0 radical (unpaired) electrons. The van der Waals surface area contributed by atoms with Crippen molar-refractivity contribution in [3.05, 3.63) is 52.1 Å². The number of benzene rings is 1. The van der Waals surface area contributed by atoms with E-state index in [1.165, 1.54) is 22.5 Å². The monoisotopic (exact) mass is 454 g/mol. The van der Waals surface area contributed by atoms with Gasteiger partial charge in [-0.3, -0.25) is 4.79 Å². The molecule has 5 rings (SSSR count). The van der Waals surface area contributed by atoms with Crippen LogP contribution < -0.4 is 10.2 Å². The van der Waals surface area contributed by atoms with Crippen LogP contribution in [0.3, 0.4) is 0 Å². The number of pyridine rings is 1. The zero-order chi connectivity index (χ0) is 21.8. The Morgan fingerprint density at radius 1 is 1.23 bits per heavy atom. The molecule has 162 valence electrons. The van der Waals surface area contributed by atoms with E-state index in [0.29, 0.717) is 22.9 Å². The molecular formula is C24H27ClN4OS. The lowest BCUT2D eigenvalue weighted by atomic mass is 9.50. The average Bonchev–Trinajstić information content (AvgIpc) is 3.10. The first-order chi connectivity index (χ1) is 14.8. The molecule has 0 saturated heterocycles. The number of amides is 1. The Kier molecular flexibility index (Phi) is 5.18. The van der Waals surface area contributed by atoms with E-state index < -0.39 is 0 Å². The fourth-order valence-electron chi connectivity index (χ4n) is 4.96. The second-order valence-corrected chi connectivity index (χ2v) is 11.0. The van der Waals surface area contributed by atoms with Gasteiger partial charge in [0.2, 0.25) is 0 Å². The van der Waals surface area contributed by atoms with Gasteiger partial charge in [-0.2, -0.15) is 0 Å². The maximum atomic E-state index is 12.7. The largest absolute Gasteiger partial charge is 0.357 e. The molecule has 1 aromatic carbocycles. The van der Waals surface area contributed by atoms with Gasteiger partial charge in [-0.25, -0.2) is 9.97 Å². The lowest BCUT2D eigenvalue weighted by Crippen LogP contribution is -2.55. The molecule has 2 saturated carbocycles. The van der Waals surface area contributed by atoms with Gasteiger partial charge < -0.3 is 10.2 Å². The third-order valence-electron chi connectivity index (χ3n) is 6.91. The van der Waals surface area contributed by atoms with Crippen LogP contribution in [0.2, 0.25) is 5.02 Å². The van der Waals surface area contributed by atoms with E-state index >= 15 is 0 Å². The fraction of sp³-hybridized carbons (Fsp3) is 0.458. The number of nitrogens with one attached hydrogen (secondary N) is 1. The summed E-state index contributed by atoms with van der Waals surface area (Å²) >= 11 is 7.89. The molecule has 0 aliphatic heterocycles. The maximum Gasteiger partial charge on any atom is 0.251 e. The molecule has 2 fully saturated rings. The molecule has 0 bridgehead atoms. The van der Waals surface area contributed by atoms with Crippen LogP contribution in [0.1, 0.15) is 60.8 Å². The fourth-order valence-corrected chi connectivity index (χ4v) is 6.17. The zero-order valence-electron chi connectivity index (χ0n) is 18.1. The summed E-state index contributed by atoms with van der Waals surface area (Å²) in [6.07, 6.45) is 6.19. The third-order valence-corrected chi connectivity index (χ3v) is 8.35. The molecule has 0 unspecified atom stereocenters. The summed E-state index contributed by atoms with van der Waals surface area (Å²) in [6, 6.07) is 10.2. The van der Waals surface area contributed by atoms with E-state index in [1.54, 1.807) is 23.6 Å². The minimum atomic E-state index is -0.000388. The Morgan fingerprint density at radius 2 is 2.00 bits per heavy atom. The quantitative estimate of drug-likeness (QED) is 0.541. The standard InChI is InChI=1S/C24H27ClN4OS/c1-14(2)29(3)21-8-15(6-7-26-21)22(30)27-18-12-24(13-18)10-16(11-24)23-28-19-9-17(25)4-5-20(19)31-23/h4-9,14,16,18H,10-13H2,1-3H3,(H,27,30). The summed E-state index contributed by atoms with van der Waals surface area (Å²) in [5.74, 6) is 1.37. The number of anilines is 1. The van der Waals surface area contributed by atoms with Gasteiger partial charge in [0, 0.05) is 41.8 Å². The highest BCUT2D eigenvalue weighted by molar-refractivity contribution is 7.18. The van der Waals surface area contributed by atoms with Crippen molar-refractivity contribution in [2.75, 3.05) is 11.9 Å². The molecule has 2 aromatic heterocycles. The summed E-state index contributed by atoms with van der Waals surface area (Å²) < 4.78 is 1.21. The lowest BCUT2D eigenvalue weighted by Gasteiger charge is -2.57. The Morgan fingerprint density at radius 3 is 2.74 bits per heavy atom. The lowest BCUT2D eigenvalue weighted by molar-refractivity contribution is -0.0187. The molecule has 2 aliphatic rings. The van der Waals surface area contributed by atoms with Crippen LogP contribution in [0.25, 0.3) is 10.2 Å². The molecular weight excluding hydrogens is 428 g/mol. The number of carbonyl (C=O) groups is 1. The third kappa shape index (κ3) is 3.92. The minimum Gasteiger partial charge on any atom is -0.357 e. The smallest absolute Gasteiger partial charge is 0.251 e. The van der Waals surface area contributed by atoms with Gasteiger partial charge in [0.1, 0.15) is 5.82 Å². The van der Waals surface area contributed by atoms with Crippen LogP contribution in [0.5, 0.6) is 0 Å². The van der Waals surface area contributed by atoms with Crippen molar-refractivity contribution in [1.82, 2.24) is 15.3 Å². The predicted molar refractivity (Wildman–Crippen MR) is 127 cm³/mol. The molecule has 5 nitrogen and oxygen atoms in total. The molecule has 3 aromatic rings. The van der Waals surface area contributed by atoms with Crippen molar-refractivity contribution < 1.29 is 4.79 Å². The molecule has 1 amide bonds. The molecule has 1 spiro atoms. The second kappa shape index (κ2) is 7.75. The van der Waals surface area contributed by atoms with E-state index in [9.17, 15) is 4.79 Å². The summed E-state index contributed by atoms with van der Waals surface area (Å²) in [6.45, 7) is 4.22. The Hall–Kier alpha value is -2.18. The summed E-state index contributed by atoms with van der Waals surface area (Å²) in [5, 5.41) is 5.19. The van der Waals surface area contributed by atoms with E-state index in [2.05, 4.69) is 35.1 Å². The first-order valence-electron chi connectivity index (χ1n) is 10.9. The van der Waals surface area contributed by atoms with E-state index in [0.717, 1.165) is 29.2 Å². The number of hydrogen-bond donors (Lipinski definition) is 1. The highest BCUT2D eigenvalue weighted by Gasteiger charge is 2.54. The average molecular weight is 455 g/mol. The normalized spacial score (nSPS) is 24.8. The highest BCUT2D eigenvalue weighted by Crippen LogP contribution is 2.62. The van der Waals surface area contributed by atoms with E-state index in [1.807, 2.05) is 25.2 Å². The van der Waals surface area contributed by atoms with Crippen molar-refractivity contribution in [3.63, 3.8) is 0 Å². The maximum absolute atomic E-state index is 12.7. The number of carbonyl (C=O) groups excluding carboxylic acids is 1. The number of hydrogen-bond acceptors (Lipinski definition) is 5. The number of rotatable bonds is 5. The van der Waals surface area contributed by atoms with Gasteiger partial charge in [-0.1, -0.05) is 11.6 Å². The van der Waals surface area contributed by atoms with Crippen molar-refractivity contribution in [1.29, 1.82) is 0 Å². The highest BCUT2D eigenvalue weighted by atomic mass is 35.5. The van der Waals surface area contributed by atoms with Gasteiger partial charge in [0.15, 0.2) is 0 Å². The van der Waals surface area contributed by atoms with Crippen LogP contribution in [0.15, 0.2) is 36.5 Å². The first-order valence-corrected chi connectivity index (χ1v) is 12.1. The first kappa shape index (κ1) is 20.7. The van der Waals surface area contributed by atoms with Crippen LogP contribution in [0.4, 0.5) is 5.82 Å². The van der Waals surface area contributed by atoms with Crippen LogP contribution in [-0.2, 0) is 0 Å². The summed E-state index contributed by atoms with van der Waals surface area (Å²) in [5.41, 5.74) is 2.07. The predicted octanol–water partition coefficient (Wildman–Crippen LogP) is 5.65. The molecule has 31 heavy (non-hydrogen) atoms. The molecule has 7 heteroatoms. The number of halogens is 1. The minimum absolute atomic E-state index is 0.000388. The van der Waals surface area contributed by atoms with Gasteiger partial charge in [-0.15, -0.1) is 11.3 Å². The van der Waals surface area contributed by atoms with Crippen molar-refractivity contribution >= 4 is 44.9 Å². The van der Waals surface area contributed by atoms with Gasteiger partial charge in [0.25, 0.3) is 5.91 Å². The topological polar surface area (TPSA) is 58.1 Å². The second-order valence-electron chi connectivity index (χ2n) is 9.46. The molecule has 2 aliphatic carbocycles. The number of nitrogens with zero attached hydrogens (tertiary/aromatic N) is 3.